The smallest absolute Gasteiger partial charge is 0.251 e. The van der Waals surface area contributed by atoms with Crippen LogP contribution in [0.3, 0.4) is 0 Å². The molecule has 5 heteroatoms. The Morgan fingerprint density at radius 2 is 2.00 bits per heavy atom. The van der Waals surface area contributed by atoms with Gasteiger partial charge in [0.1, 0.15) is 0 Å². The number of hydrogen-bond donors (Lipinski definition) is 1. The summed E-state index contributed by atoms with van der Waals surface area (Å²) in [6.07, 6.45) is 4.79. The molecule has 0 spiro atoms. The molecule has 1 aromatic carbocycles. The van der Waals surface area contributed by atoms with Crippen molar-refractivity contribution in [2.75, 3.05) is 25.1 Å². The molecule has 0 unspecified atom stereocenters. The Morgan fingerprint density at radius 1 is 1.26 bits per heavy atom. The van der Waals surface area contributed by atoms with Gasteiger partial charge in [-0.3, -0.25) is 9.78 Å². The minimum Gasteiger partial charge on any atom is -0.380 e. The molecule has 1 fully saturated rings. The number of aromatic nitrogens is 1. The van der Waals surface area contributed by atoms with Crippen LogP contribution < -0.4 is 10.2 Å². The van der Waals surface area contributed by atoms with Crippen LogP contribution in [0.25, 0.3) is 0 Å². The molecule has 1 aliphatic rings. The average molecular weight is 311 g/mol. The first kappa shape index (κ1) is 15.5. The quantitative estimate of drug-likeness (QED) is 0.920. The van der Waals surface area contributed by atoms with E-state index in [9.17, 15) is 4.79 Å². The van der Waals surface area contributed by atoms with E-state index in [1.165, 1.54) is 0 Å². The normalized spacial score (nSPS) is 17.3. The molecular weight excluding hydrogens is 290 g/mol. The lowest BCUT2D eigenvalue weighted by Gasteiger charge is -2.18. The Balaban J connectivity index is 1.57. The van der Waals surface area contributed by atoms with E-state index in [2.05, 4.69) is 15.2 Å². The summed E-state index contributed by atoms with van der Waals surface area (Å²) in [7, 11) is 1.75. The van der Waals surface area contributed by atoms with Crippen molar-refractivity contribution in [2.24, 2.45) is 0 Å². The number of nitrogens with one attached hydrogen (secondary N) is 1. The molecular formula is C18H21N3O2. The number of benzene rings is 1. The summed E-state index contributed by atoms with van der Waals surface area (Å²) >= 11 is 0. The monoisotopic (exact) mass is 311 g/mol. The van der Waals surface area contributed by atoms with E-state index < -0.39 is 0 Å². The fraction of sp³-hybridized carbons (Fsp3) is 0.333. The molecule has 2 aromatic rings. The number of anilines is 1. The number of pyridine rings is 1. The van der Waals surface area contributed by atoms with E-state index in [1.54, 1.807) is 19.5 Å². The van der Waals surface area contributed by atoms with Gasteiger partial charge in [-0.1, -0.05) is 0 Å². The van der Waals surface area contributed by atoms with Crippen molar-refractivity contribution in [1.29, 1.82) is 0 Å². The third-order valence-corrected chi connectivity index (χ3v) is 4.18. The molecule has 3 rings (SSSR count). The number of ether oxygens (including phenoxy) is 1. The van der Waals surface area contributed by atoms with E-state index in [4.69, 9.17) is 4.74 Å². The van der Waals surface area contributed by atoms with Gasteiger partial charge in [0.15, 0.2) is 0 Å². The molecule has 2 heterocycles. The second-order valence-electron chi connectivity index (χ2n) is 5.68. The van der Waals surface area contributed by atoms with Gasteiger partial charge in [0.05, 0.1) is 6.10 Å². The van der Waals surface area contributed by atoms with E-state index in [1.807, 2.05) is 36.4 Å². The van der Waals surface area contributed by atoms with Crippen LogP contribution in [-0.2, 0) is 11.3 Å². The van der Waals surface area contributed by atoms with E-state index in [0.29, 0.717) is 18.2 Å². The van der Waals surface area contributed by atoms with Crippen LogP contribution in [0.2, 0.25) is 0 Å². The number of carbonyl (C=O) groups excluding carboxylic acids is 1. The first-order chi connectivity index (χ1) is 11.3. The van der Waals surface area contributed by atoms with Gasteiger partial charge in [0, 0.05) is 50.4 Å². The van der Waals surface area contributed by atoms with Crippen molar-refractivity contribution in [3.8, 4) is 0 Å². The van der Waals surface area contributed by atoms with Crippen molar-refractivity contribution in [2.45, 2.75) is 19.1 Å². The first-order valence-corrected chi connectivity index (χ1v) is 7.81. The number of nitrogens with zero attached hydrogens (tertiary/aromatic N) is 2. The largest absolute Gasteiger partial charge is 0.380 e. The predicted octanol–water partition coefficient (Wildman–Crippen LogP) is 2.24. The van der Waals surface area contributed by atoms with Gasteiger partial charge in [-0.15, -0.1) is 0 Å². The summed E-state index contributed by atoms with van der Waals surface area (Å²) in [6, 6.07) is 11.5. The molecule has 0 aliphatic carbocycles. The van der Waals surface area contributed by atoms with Gasteiger partial charge in [0.2, 0.25) is 0 Å². The maximum absolute atomic E-state index is 12.2. The Labute approximate surface area is 136 Å². The van der Waals surface area contributed by atoms with Gasteiger partial charge in [-0.05, 0) is 48.4 Å². The molecule has 1 N–H and O–H groups in total. The standard InChI is InChI=1S/C18H21N3O2/c1-23-17-8-11-21(13-17)16-4-2-15(3-5-16)18(22)20-12-14-6-9-19-10-7-14/h2-7,9-10,17H,8,11-13H2,1H3,(H,20,22)/t17-/m0/s1. The fourth-order valence-corrected chi connectivity index (χ4v) is 2.76. The molecule has 0 saturated carbocycles. The Hall–Kier alpha value is -2.40. The number of methoxy groups -OCH3 is 1. The summed E-state index contributed by atoms with van der Waals surface area (Å²) in [5, 5.41) is 2.92. The Kier molecular flexibility index (Phi) is 4.88. The minimum atomic E-state index is -0.0652. The maximum atomic E-state index is 12.2. The van der Waals surface area contributed by atoms with Crippen LogP contribution in [-0.4, -0.2) is 37.2 Å². The van der Waals surface area contributed by atoms with Crippen LogP contribution in [0.1, 0.15) is 22.3 Å². The molecule has 1 atom stereocenters. The third-order valence-electron chi connectivity index (χ3n) is 4.18. The lowest BCUT2D eigenvalue weighted by atomic mass is 10.1. The number of amides is 1. The van der Waals surface area contributed by atoms with Gasteiger partial charge in [0.25, 0.3) is 5.91 Å². The first-order valence-electron chi connectivity index (χ1n) is 7.81. The van der Waals surface area contributed by atoms with Gasteiger partial charge < -0.3 is 15.0 Å². The van der Waals surface area contributed by atoms with Crippen LogP contribution in [0.15, 0.2) is 48.8 Å². The summed E-state index contributed by atoms with van der Waals surface area (Å²) in [5.74, 6) is -0.0652. The van der Waals surface area contributed by atoms with Crippen LogP contribution in [0.5, 0.6) is 0 Å². The average Bonchev–Trinajstić information content (AvgIpc) is 3.10. The number of rotatable bonds is 5. The zero-order chi connectivity index (χ0) is 16.1. The molecule has 120 valence electrons. The molecule has 5 nitrogen and oxygen atoms in total. The second kappa shape index (κ2) is 7.24. The highest BCUT2D eigenvalue weighted by atomic mass is 16.5. The van der Waals surface area contributed by atoms with Crippen molar-refractivity contribution in [1.82, 2.24) is 10.3 Å². The van der Waals surface area contributed by atoms with E-state index in [-0.39, 0.29) is 5.91 Å². The summed E-state index contributed by atoms with van der Waals surface area (Å²) in [4.78, 5) is 18.4. The zero-order valence-electron chi connectivity index (χ0n) is 13.2. The van der Waals surface area contributed by atoms with E-state index >= 15 is 0 Å². The highest BCUT2D eigenvalue weighted by molar-refractivity contribution is 5.94. The molecule has 1 saturated heterocycles. The summed E-state index contributed by atoms with van der Waals surface area (Å²) < 4.78 is 5.39. The van der Waals surface area contributed by atoms with Crippen LogP contribution in [0.4, 0.5) is 5.69 Å². The maximum Gasteiger partial charge on any atom is 0.251 e. The molecule has 0 bridgehead atoms. The molecule has 23 heavy (non-hydrogen) atoms. The lowest BCUT2D eigenvalue weighted by molar-refractivity contribution is 0.0951. The highest BCUT2D eigenvalue weighted by Gasteiger charge is 2.22. The summed E-state index contributed by atoms with van der Waals surface area (Å²) in [5.41, 5.74) is 2.84. The Morgan fingerprint density at radius 3 is 2.65 bits per heavy atom. The van der Waals surface area contributed by atoms with Crippen LogP contribution >= 0.6 is 0 Å². The third kappa shape index (κ3) is 3.87. The number of carbonyl (C=O) groups is 1. The van der Waals surface area contributed by atoms with Crippen molar-refractivity contribution >= 4 is 11.6 Å². The zero-order valence-corrected chi connectivity index (χ0v) is 13.2. The molecule has 1 aromatic heterocycles. The lowest BCUT2D eigenvalue weighted by Crippen LogP contribution is -2.24. The molecule has 0 radical (unpaired) electrons. The summed E-state index contributed by atoms with van der Waals surface area (Å²) in [6.45, 7) is 2.40. The van der Waals surface area contributed by atoms with E-state index in [0.717, 1.165) is 30.8 Å². The van der Waals surface area contributed by atoms with Crippen molar-refractivity contribution < 1.29 is 9.53 Å². The number of hydrogen-bond acceptors (Lipinski definition) is 4. The SMILES string of the molecule is CO[C@H]1CCN(c2ccc(C(=O)NCc3ccncc3)cc2)C1. The Bertz CT molecular complexity index is 643. The van der Waals surface area contributed by atoms with Gasteiger partial charge >= 0.3 is 0 Å². The highest BCUT2D eigenvalue weighted by Crippen LogP contribution is 2.22. The second-order valence-corrected chi connectivity index (χ2v) is 5.68. The minimum absolute atomic E-state index is 0.0652. The van der Waals surface area contributed by atoms with Gasteiger partial charge in [-0.25, -0.2) is 0 Å². The van der Waals surface area contributed by atoms with Crippen molar-refractivity contribution in [3.63, 3.8) is 0 Å². The predicted molar refractivity (Wildman–Crippen MR) is 89.5 cm³/mol. The van der Waals surface area contributed by atoms with Gasteiger partial charge in [-0.2, -0.15) is 0 Å². The topological polar surface area (TPSA) is 54.5 Å². The molecule has 1 aliphatic heterocycles. The fourth-order valence-electron chi connectivity index (χ4n) is 2.76. The van der Waals surface area contributed by atoms with Crippen LogP contribution in [0, 0.1) is 0 Å². The van der Waals surface area contributed by atoms with Crippen molar-refractivity contribution in [3.05, 3.63) is 59.9 Å². The molecule has 1 amide bonds.